The molecule has 3 aliphatic heterocycles. The highest BCUT2D eigenvalue weighted by atomic mass is 19.4. The highest BCUT2D eigenvalue weighted by Gasteiger charge is 2.44. The van der Waals surface area contributed by atoms with Gasteiger partial charge in [0.2, 0.25) is 0 Å². The van der Waals surface area contributed by atoms with Gasteiger partial charge in [-0.1, -0.05) is 0 Å². The van der Waals surface area contributed by atoms with E-state index in [1.807, 2.05) is 47.6 Å². The molecule has 3 fully saturated rings. The molecule has 2 aromatic rings. The van der Waals surface area contributed by atoms with Crippen molar-refractivity contribution in [3.05, 3.63) is 34.8 Å². The van der Waals surface area contributed by atoms with Crippen molar-refractivity contribution in [1.82, 2.24) is 25.0 Å². The van der Waals surface area contributed by atoms with E-state index in [0.717, 1.165) is 44.6 Å². The zero-order valence-electron chi connectivity index (χ0n) is 21.0. The third-order valence-electron chi connectivity index (χ3n) is 8.11. The molecule has 1 N–H and O–H groups in total. The molecule has 2 atom stereocenters. The number of alkyl halides is 3. The molecule has 11 heteroatoms. The number of hydrogen-bond donors (Lipinski definition) is 1. The molecule has 194 valence electrons. The molecular formula is C25H33F3N8. The van der Waals surface area contributed by atoms with Crippen molar-refractivity contribution >= 4 is 11.5 Å². The summed E-state index contributed by atoms with van der Waals surface area (Å²) in [6.07, 6.45) is -1.23. The molecule has 3 aliphatic rings. The Hall–Kier alpha value is -2.84. The van der Waals surface area contributed by atoms with Gasteiger partial charge < -0.3 is 15.1 Å². The summed E-state index contributed by atoms with van der Waals surface area (Å²) in [6, 6.07) is 3.81. The molecule has 2 aromatic heterocycles. The van der Waals surface area contributed by atoms with E-state index in [1.54, 1.807) is 6.07 Å². The number of pyridine rings is 1. The summed E-state index contributed by atoms with van der Waals surface area (Å²) in [6.45, 7) is 9.57. The number of piperazine rings is 1. The average molecular weight is 503 g/mol. The van der Waals surface area contributed by atoms with Crippen LogP contribution in [0.2, 0.25) is 0 Å². The first kappa shape index (κ1) is 24.8. The van der Waals surface area contributed by atoms with Gasteiger partial charge >= 0.3 is 6.18 Å². The number of piperidine rings is 1. The second kappa shape index (κ2) is 9.56. The SMILES string of the molecule is Cc1cnn(C)c1C1CCN(c2cc(N3CC(N4CCNCC4)C3C)c(C#N)c(C(F)(F)F)n2)CC1. The van der Waals surface area contributed by atoms with E-state index in [4.69, 9.17) is 0 Å². The molecule has 0 aromatic carbocycles. The lowest BCUT2D eigenvalue weighted by atomic mass is 9.91. The molecular weight excluding hydrogens is 469 g/mol. The van der Waals surface area contributed by atoms with Gasteiger partial charge in [0.15, 0.2) is 5.69 Å². The quantitative estimate of drug-likeness (QED) is 0.689. The van der Waals surface area contributed by atoms with Gasteiger partial charge in [-0.05, 0) is 32.3 Å². The maximum Gasteiger partial charge on any atom is 0.434 e. The second-order valence-electron chi connectivity index (χ2n) is 10.2. The number of nitrogens with zero attached hydrogens (tertiary/aromatic N) is 7. The zero-order valence-corrected chi connectivity index (χ0v) is 21.0. The van der Waals surface area contributed by atoms with Crippen LogP contribution in [0.1, 0.15) is 48.2 Å². The van der Waals surface area contributed by atoms with Gasteiger partial charge in [-0.3, -0.25) is 9.58 Å². The first-order valence-corrected chi connectivity index (χ1v) is 12.7. The Morgan fingerprint density at radius 1 is 1.14 bits per heavy atom. The molecule has 5 rings (SSSR count). The lowest BCUT2D eigenvalue weighted by Gasteiger charge is -2.53. The monoisotopic (exact) mass is 502 g/mol. The Kier molecular flexibility index (Phi) is 6.59. The zero-order chi connectivity index (χ0) is 25.6. The number of nitriles is 1. The Labute approximate surface area is 209 Å². The maximum absolute atomic E-state index is 14.1. The van der Waals surface area contributed by atoms with Crippen molar-refractivity contribution in [3.63, 3.8) is 0 Å². The normalized spacial score (nSPS) is 24.0. The van der Waals surface area contributed by atoms with E-state index in [1.165, 1.54) is 5.69 Å². The second-order valence-corrected chi connectivity index (χ2v) is 10.2. The fourth-order valence-corrected chi connectivity index (χ4v) is 6.09. The van der Waals surface area contributed by atoms with Gasteiger partial charge in [-0.15, -0.1) is 0 Å². The largest absolute Gasteiger partial charge is 0.434 e. The number of nitrogens with one attached hydrogen (secondary N) is 1. The third kappa shape index (κ3) is 4.41. The van der Waals surface area contributed by atoms with E-state index < -0.39 is 11.9 Å². The summed E-state index contributed by atoms with van der Waals surface area (Å²) in [5, 5.41) is 17.4. The number of halogens is 3. The molecule has 0 aliphatic carbocycles. The van der Waals surface area contributed by atoms with Crippen LogP contribution in [0.3, 0.4) is 0 Å². The minimum atomic E-state index is -4.70. The molecule has 0 radical (unpaired) electrons. The van der Waals surface area contributed by atoms with E-state index in [9.17, 15) is 18.4 Å². The smallest absolute Gasteiger partial charge is 0.364 e. The minimum absolute atomic E-state index is 0.0186. The first-order chi connectivity index (χ1) is 17.2. The lowest BCUT2D eigenvalue weighted by Crippen LogP contribution is -2.68. The van der Waals surface area contributed by atoms with Crippen LogP contribution in [0.4, 0.5) is 24.7 Å². The topological polar surface area (TPSA) is 76.2 Å². The van der Waals surface area contributed by atoms with Crippen LogP contribution in [0.5, 0.6) is 0 Å². The van der Waals surface area contributed by atoms with Crippen molar-refractivity contribution in [2.45, 2.75) is 50.9 Å². The Bertz CT molecular complexity index is 1120. The predicted octanol–water partition coefficient (Wildman–Crippen LogP) is 2.88. The summed E-state index contributed by atoms with van der Waals surface area (Å²) in [4.78, 5) is 10.3. The molecule has 8 nitrogen and oxygen atoms in total. The van der Waals surface area contributed by atoms with Crippen LogP contribution in [-0.4, -0.2) is 77.6 Å². The summed E-state index contributed by atoms with van der Waals surface area (Å²) in [5.41, 5.74) is 1.21. The number of rotatable bonds is 4. The van der Waals surface area contributed by atoms with Gasteiger partial charge in [-0.25, -0.2) is 4.98 Å². The van der Waals surface area contributed by atoms with E-state index in [-0.39, 0.29) is 17.6 Å². The van der Waals surface area contributed by atoms with Gasteiger partial charge in [0.05, 0.1) is 11.9 Å². The number of hydrogen-bond acceptors (Lipinski definition) is 7. The van der Waals surface area contributed by atoms with Crippen LogP contribution < -0.4 is 15.1 Å². The summed E-state index contributed by atoms with van der Waals surface area (Å²) < 4.78 is 44.1. The lowest BCUT2D eigenvalue weighted by molar-refractivity contribution is -0.141. The molecule has 0 saturated carbocycles. The molecule has 0 bridgehead atoms. The van der Waals surface area contributed by atoms with Crippen LogP contribution in [-0.2, 0) is 13.2 Å². The van der Waals surface area contributed by atoms with Crippen LogP contribution >= 0.6 is 0 Å². The van der Waals surface area contributed by atoms with Gasteiger partial charge in [0.25, 0.3) is 0 Å². The highest BCUT2D eigenvalue weighted by molar-refractivity contribution is 5.69. The van der Waals surface area contributed by atoms with E-state index >= 15 is 0 Å². The van der Waals surface area contributed by atoms with Crippen LogP contribution in [0.25, 0.3) is 0 Å². The van der Waals surface area contributed by atoms with Crippen molar-refractivity contribution in [2.24, 2.45) is 7.05 Å². The number of anilines is 2. The van der Waals surface area contributed by atoms with Crippen LogP contribution in [0, 0.1) is 18.3 Å². The number of aromatic nitrogens is 3. The molecule has 0 spiro atoms. The van der Waals surface area contributed by atoms with Crippen molar-refractivity contribution in [1.29, 1.82) is 5.26 Å². The average Bonchev–Trinajstić information content (AvgIpc) is 3.20. The summed E-state index contributed by atoms with van der Waals surface area (Å²) in [7, 11) is 1.93. The molecule has 0 amide bonds. The van der Waals surface area contributed by atoms with E-state index in [2.05, 4.69) is 20.3 Å². The minimum Gasteiger partial charge on any atom is -0.364 e. The van der Waals surface area contributed by atoms with Crippen molar-refractivity contribution in [2.75, 3.05) is 55.6 Å². The van der Waals surface area contributed by atoms with Crippen LogP contribution in [0.15, 0.2) is 12.3 Å². The van der Waals surface area contributed by atoms with Crippen molar-refractivity contribution in [3.8, 4) is 6.07 Å². The fraction of sp³-hybridized carbons (Fsp3) is 0.640. The molecule has 3 saturated heterocycles. The third-order valence-corrected chi connectivity index (χ3v) is 8.11. The Balaban J connectivity index is 1.41. The molecule has 36 heavy (non-hydrogen) atoms. The maximum atomic E-state index is 14.1. The van der Waals surface area contributed by atoms with E-state index in [0.29, 0.717) is 37.1 Å². The highest BCUT2D eigenvalue weighted by Crippen LogP contribution is 2.41. The summed E-state index contributed by atoms with van der Waals surface area (Å²) in [5.74, 6) is 0.609. The predicted molar refractivity (Wildman–Crippen MR) is 131 cm³/mol. The molecule has 5 heterocycles. The number of aryl methyl sites for hydroxylation is 2. The van der Waals surface area contributed by atoms with Gasteiger partial charge in [0.1, 0.15) is 17.5 Å². The summed E-state index contributed by atoms with van der Waals surface area (Å²) >= 11 is 0. The van der Waals surface area contributed by atoms with Gasteiger partial charge in [0, 0.05) is 82.6 Å². The molecule has 2 unspecified atom stereocenters. The van der Waals surface area contributed by atoms with Crippen molar-refractivity contribution < 1.29 is 13.2 Å². The Morgan fingerprint density at radius 3 is 2.39 bits per heavy atom. The Morgan fingerprint density at radius 2 is 1.83 bits per heavy atom. The van der Waals surface area contributed by atoms with Gasteiger partial charge in [-0.2, -0.15) is 23.5 Å². The fourth-order valence-electron chi connectivity index (χ4n) is 6.09. The first-order valence-electron chi connectivity index (χ1n) is 12.7. The standard InChI is InChI=1S/C25H33F3N8/c1-16-14-31-33(3)23(16)18-4-8-35(9-5-18)22-12-20(19(13-29)24(32-22)25(26,27)28)36-15-21(17(36)2)34-10-6-30-7-11-34/h12,14,17-18,21,30H,4-11,15H2,1-3H3.